The molecule has 0 saturated carbocycles. The standard InChI is InChI=1S/C16H22N2O3/c1-3-13-6-4-5-9-18(13)16(21)17-14-8-7-12(15(19)20)10-11(14)2/h7-8,10,13H,3-6,9H2,1-2H3,(H,17,21)(H,19,20). The molecule has 0 aromatic heterocycles. The smallest absolute Gasteiger partial charge is 0.335 e. The second-order valence-electron chi connectivity index (χ2n) is 5.52. The average molecular weight is 290 g/mol. The molecule has 0 aliphatic carbocycles. The van der Waals surface area contributed by atoms with Gasteiger partial charge in [-0.2, -0.15) is 0 Å². The minimum absolute atomic E-state index is 0.0901. The van der Waals surface area contributed by atoms with Crippen LogP contribution in [0.4, 0.5) is 10.5 Å². The number of likely N-dealkylation sites (tertiary alicyclic amines) is 1. The van der Waals surface area contributed by atoms with Crippen LogP contribution < -0.4 is 5.32 Å². The van der Waals surface area contributed by atoms with Crippen molar-refractivity contribution in [1.82, 2.24) is 4.90 Å². The number of anilines is 1. The minimum atomic E-state index is -0.960. The van der Waals surface area contributed by atoms with Gasteiger partial charge in [0, 0.05) is 18.3 Å². The Bertz CT molecular complexity index is 542. The third-order valence-corrected chi connectivity index (χ3v) is 4.07. The SMILES string of the molecule is CCC1CCCCN1C(=O)Nc1ccc(C(=O)O)cc1C. The summed E-state index contributed by atoms with van der Waals surface area (Å²) in [6.07, 6.45) is 4.24. The Hall–Kier alpha value is -2.04. The lowest BCUT2D eigenvalue weighted by molar-refractivity contribution is 0.0697. The van der Waals surface area contributed by atoms with Crippen molar-refractivity contribution in [3.63, 3.8) is 0 Å². The Morgan fingerprint density at radius 1 is 1.38 bits per heavy atom. The summed E-state index contributed by atoms with van der Waals surface area (Å²) in [7, 11) is 0. The highest BCUT2D eigenvalue weighted by Crippen LogP contribution is 2.22. The molecule has 1 heterocycles. The molecule has 21 heavy (non-hydrogen) atoms. The van der Waals surface area contributed by atoms with E-state index in [1.807, 2.05) is 4.90 Å². The lowest BCUT2D eigenvalue weighted by atomic mass is 10.0. The number of carboxylic acids is 1. The van der Waals surface area contributed by atoms with E-state index in [4.69, 9.17) is 5.11 Å². The molecule has 2 rings (SSSR count). The number of carbonyl (C=O) groups excluding carboxylic acids is 1. The van der Waals surface area contributed by atoms with Crippen LogP contribution in [0.5, 0.6) is 0 Å². The molecule has 2 N–H and O–H groups in total. The molecule has 114 valence electrons. The molecule has 1 saturated heterocycles. The molecular formula is C16H22N2O3. The first-order chi connectivity index (χ1) is 10.0. The summed E-state index contributed by atoms with van der Waals surface area (Å²) in [5.41, 5.74) is 1.66. The van der Waals surface area contributed by atoms with Crippen molar-refractivity contribution < 1.29 is 14.7 Å². The number of carbonyl (C=O) groups is 2. The lowest BCUT2D eigenvalue weighted by Crippen LogP contribution is -2.45. The Kier molecular flexibility index (Phi) is 4.83. The van der Waals surface area contributed by atoms with Crippen molar-refractivity contribution in [1.29, 1.82) is 0 Å². The zero-order valence-corrected chi connectivity index (χ0v) is 12.6. The topological polar surface area (TPSA) is 69.6 Å². The fourth-order valence-corrected chi connectivity index (χ4v) is 2.82. The Morgan fingerprint density at radius 2 is 2.14 bits per heavy atom. The molecule has 1 aromatic carbocycles. The number of benzene rings is 1. The van der Waals surface area contributed by atoms with Crippen molar-refractivity contribution in [3.8, 4) is 0 Å². The number of hydrogen-bond donors (Lipinski definition) is 2. The van der Waals surface area contributed by atoms with Crippen molar-refractivity contribution in [2.75, 3.05) is 11.9 Å². The summed E-state index contributed by atoms with van der Waals surface area (Å²) in [6, 6.07) is 4.95. The number of hydrogen-bond acceptors (Lipinski definition) is 2. The quantitative estimate of drug-likeness (QED) is 0.895. The molecule has 2 amide bonds. The van der Waals surface area contributed by atoms with Crippen molar-refractivity contribution in [2.24, 2.45) is 0 Å². The van der Waals surface area contributed by atoms with Gasteiger partial charge in [-0.25, -0.2) is 9.59 Å². The molecule has 1 aliphatic heterocycles. The molecule has 1 unspecified atom stereocenters. The minimum Gasteiger partial charge on any atom is -0.478 e. The van der Waals surface area contributed by atoms with Crippen molar-refractivity contribution >= 4 is 17.7 Å². The Balaban J connectivity index is 2.10. The zero-order valence-electron chi connectivity index (χ0n) is 12.6. The largest absolute Gasteiger partial charge is 0.478 e. The van der Waals surface area contributed by atoms with E-state index in [1.165, 1.54) is 12.5 Å². The molecule has 1 fully saturated rings. The second kappa shape index (κ2) is 6.61. The summed E-state index contributed by atoms with van der Waals surface area (Å²) in [6.45, 7) is 4.69. The van der Waals surface area contributed by atoms with Gasteiger partial charge in [0.2, 0.25) is 0 Å². The summed E-state index contributed by atoms with van der Waals surface area (Å²) in [5, 5.41) is 11.9. The van der Waals surface area contributed by atoms with E-state index in [9.17, 15) is 9.59 Å². The maximum Gasteiger partial charge on any atom is 0.335 e. The number of piperidine rings is 1. The van der Waals surface area contributed by atoms with Crippen LogP contribution in [0.1, 0.15) is 48.5 Å². The van der Waals surface area contributed by atoms with Gasteiger partial charge in [-0.05, 0) is 56.4 Å². The van der Waals surface area contributed by atoms with Crippen LogP contribution in [0, 0.1) is 6.92 Å². The summed E-state index contributed by atoms with van der Waals surface area (Å²) >= 11 is 0. The van der Waals surface area contributed by atoms with E-state index >= 15 is 0 Å². The number of carboxylic acid groups (broad SMARTS) is 1. The number of amides is 2. The number of rotatable bonds is 3. The second-order valence-corrected chi connectivity index (χ2v) is 5.52. The van der Waals surface area contributed by atoms with E-state index in [2.05, 4.69) is 12.2 Å². The molecule has 0 radical (unpaired) electrons. The zero-order chi connectivity index (χ0) is 15.4. The number of nitrogens with zero attached hydrogens (tertiary/aromatic N) is 1. The summed E-state index contributed by atoms with van der Waals surface area (Å²) in [5.74, 6) is -0.960. The van der Waals surface area contributed by atoms with Gasteiger partial charge in [0.05, 0.1) is 5.56 Å². The highest BCUT2D eigenvalue weighted by atomic mass is 16.4. The number of aryl methyl sites for hydroxylation is 1. The molecule has 0 spiro atoms. The van der Waals surface area contributed by atoms with Crippen LogP contribution in [0.15, 0.2) is 18.2 Å². The van der Waals surface area contributed by atoms with Gasteiger partial charge in [0.25, 0.3) is 0 Å². The van der Waals surface area contributed by atoms with Crippen molar-refractivity contribution in [2.45, 2.75) is 45.6 Å². The Labute approximate surface area is 125 Å². The van der Waals surface area contributed by atoms with Crippen LogP contribution >= 0.6 is 0 Å². The van der Waals surface area contributed by atoms with Crippen molar-refractivity contribution in [3.05, 3.63) is 29.3 Å². The van der Waals surface area contributed by atoms with Gasteiger partial charge in [-0.1, -0.05) is 6.92 Å². The van der Waals surface area contributed by atoms with Crippen LogP contribution in [0.2, 0.25) is 0 Å². The van der Waals surface area contributed by atoms with E-state index in [1.54, 1.807) is 19.1 Å². The predicted octanol–water partition coefficient (Wildman–Crippen LogP) is 3.49. The maximum absolute atomic E-state index is 12.4. The van der Waals surface area contributed by atoms with Gasteiger partial charge in [-0.15, -0.1) is 0 Å². The van der Waals surface area contributed by atoms with Crippen LogP contribution in [-0.4, -0.2) is 34.6 Å². The molecule has 1 aliphatic rings. The monoisotopic (exact) mass is 290 g/mol. The van der Waals surface area contributed by atoms with Gasteiger partial charge in [0.15, 0.2) is 0 Å². The van der Waals surface area contributed by atoms with E-state index in [0.717, 1.165) is 31.4 Å². The summed E-state index contributed by atoms with van der Waals surface area (Å²) in [4.78, 5) is 25.2. The molecule has 5 nitrogen and oxygen atoms in total. The fraction of sp³-hybridized carbons (Fsp3) is 0.500. The molecule has 0 bridgehead atoms. The van der Waals surface area contributed by atoms with E-state index < -0.39 is 5.97 Å². The van der Waals surface area contributed by atoms with E-state index in [-0.39, 0.29) is 11.6 Å². The average Bonchev–Trinajstić information content (AvgIpc) is 2.48. The lowest BCUT2D eigenvalue weighted by Gasteiger charge is -2.35. The normalized spacial score (nSPS) is 18.4. The number of urea groups is 1. The molecular weight excluding hydrogens is 268 g/mol. The first-order valence-electron chi connectivity index (χ1n) is 7.44. The highest BCUT2D eigenvalue weighted by molar-refractivity contribution is 5.92. The number of nitrogens with one attached hydrogen (secondary N) is 1. The van der Waals surface area contributed by atoms with Crippen LogP contribution in [0.25, 0.3) is 0 Å². The molecule has 1 aromatic rings. The van der Waals surface area contributed by atoms with Gasteiger partial charge in [-0.3, -0.25) is 0 Å². The highest BCUT2D eigenvalue weighted by Gasteiger charge is 2.25. The summed E-state index contributed by atoms with van der Waals surface area (Å²) < 4.78 is 0. The third-order valence-electron chi connectivity index (χ3n) is 4.07. The van der Waals surface area contributed by atoms with Crippen LogP contribution in [-0.2, 0) is 0 Å². The maximum atomic E-state index is 12.4. The first kappa shape index (κ1) is 15.4. The van der Waals surface area contributed by atoms with Gasteiger partial charge >= 0.3 is 12.0 Å². The van der Waals surface area contributed by atoms with Crippen LogP contribution in [0.3, 0.4) is 0 Å². The molecule has 1 atom stereocenters. The number of aromatic carboxylic acids is 1. The van der Waals surface area contributed by atoms with E-state index in [0.29, 0.717) is 11.7 Å². The van der Waals surface area contributed by atoms with Gasteiger partial charge in [0.1, 0.15) is 0 Å². The predicted molar refractivity (Wildman–Crippen MR) is 81.8 cm³/mol. The third kappa shape index (κ3) is 3.54. The van der Waals surface area contributed by atoms with Gasteiger partial charge < -0.3 is 15.3 Å². The fourth-order valence-electron chi connectivity index (χ4n) is 2.82. The first-order valence-corrected chi connectivity index (χ1v) is 7.44. The molecule has 5 heteroatoms. The Morgan fingerprint density at radius 3 is 2.76 bits per heavy atom.